The number of anilines is 1. The third kappa shape index (κ3) is 5.59. The Hall–Kier alpha value is -1.30. The molecule has 0 saturated heterocycles. The van der Waals surface area contributed by atoms with Crippen molar-refractivity contribution >= 4 is 46.6 Å². The van der Waals surface area contributed by atoms with Crippen molar-refractivity contribution < 1.29 is 13.6 Å². The number of thioether (sulfide) groups is 1. The summed E-state index contributed by atoms with van der Waals surface area (Å²) in [6.07, 6.45) is 4.97. The lowest BCUT2D eigenvalue weighted by Crippen LogP contribution is -2.13. The van der Waals surface area contributed by atoms with Crippen molar-refractivity contribution in [3.63, 3.8) is 0 Å². The number of benzene rings is 2. The van der Waals surface area contributed by atoms with Gasteiger partial charge in [-0.05, 0) is 55.7 Å². The smallest absolute Gasteiger partial charge is 0.255 e. The molecule has 1 N–H and O–H groups in total. The molecule has 144 valence electrons. The molecule has 0 aliphatic heterocycles. The predicted octanol–water partition coefficient (Wildman–Crippen LogP) is 6.90. The lowest BCUT2D eigenvalue weighted by molar-refractivity contribution is 0.102. The van der Waals surface area contributed by atoms with Crippen LogP contribution in [0.1, 0.15) is 42.5 Å². The SMILES string of the molecule is O=C(Nc1ccc(F)c(Cl)c1)c1ccc(F)c(SC2CCCC[C@H](Cl)C2)c1. The van der Waals surface area contributed by atoms with Gasteiger partial charge in [0.25, 0.3) is 5.91 Å². The quantitative estimate of drug-likeness (QED) is 0.422. The number of nitrogens with one attached hydrogen (secondary N) is 1. The number of alkyl halides is 1. The van der Waals surface area contributed by atoms with Crippen LogP contribution in [0.25, 0.3) is 0 Å². The van der Waals surface area contributed by atoms with E-state index < -0.39 is 11.7 Å². The molecule has 1 amide bonds. The molecule has 0 heterocycles. The summed E-state index contributed by atoms with van der Waals surface area (Å²) < 4.78 is 27.5. The maximum absolute atomic E-state index is 14.3. The van der Waals surface area contributed by atoms with Crippen LogP contribution in [0, 0.1) is 11.6 Å². The predicted molar refractivity (Wildman–Crippen MR) is 108 cm³/mol. The fraction of sp³-hybridized carbons (Fsp3) is 0.350. The molecule has 1 saturated carbocycles. The van der Waals surface area contributed by atoms with Crippen LogP contribution < -0.4 is 5.32 Å². The zero-order valence-electron chi connectivity index (χ0n) is 14.5. The first-order valence-electron chi connectivity index (χ1n) is 8.79. The molecule has 0 aromatic heterocycles. The van der Waals surface area contributed by atoms with Crippen LogP contribution in [0.5, 0.6) is 0 Å². The van der Waals surface area contributed by atoms with Crippen LogP contribution >= 0.6 is 35.0 Å². The number of hydrogen-bond donors (Lipinski definition) is 1. The van der Waals surface area contributed by atoms with Crippen LogP contribution in [-0.4, -0.2) is 16.5 Å². The second-order valence-electron chi connectivity index (χ2n) is 6.59. The molecule has 2 nitrogen and oxygen atoms in total. The molecule has 7 heteroatoms. The van der Waals surface area contributed by atoms with E-state index in [9.17, 15) is 13.6 Å². The highest BCUT2D eigenvalue weighted by molar-refractivity contribution is 8.00. The average Bonchev–Trinajstić information content (AvgIpc) is 2.84. The van der Waals surface area contributed by atoms with Crippen LogP contribution in [0.4, 0.5) is 14.5 Å². The summed E-state index contributed by atoms with van der Waals surface area (Å²) in [4.78, 5) is 12.9. The molecule has 0 bridgehead atoms. The van der Waals surface area contributed by atoms with Crippen molar-refractivity contribution in [1.82, 2.24) is 0 Å². The van der Waals surface area contributed by atoms with E-state index in [0.717, 1.165) is 32.1 Å². The lowest BCUT2D eigenvalue weighted by Gasteiger charge is -2.16. The van der Waals surface area contributed by atoms with Crippen LogP contribution in [-0.2, 0) is 0 Å². The van der Waals surface area contributed by atoms with Crippen molar-refractivity contribution in [3.8, 4) is 0 Å². The molecular weight excluding hydrogens is 411 g/mol. The van der Waals surface area contributed by atoms with Crippen molar-refractivity contribution in [2.24, 2.45) is 0 Å². The van der Waals surface area contributed by atoms with Gasteiger partial charge in [0.15, 0.2) is 0 Å². The minimum Gasteiger partial charge on any atom is -0.322 e. The summed E-state index contributed by atoms with van der Waals surface area (Å²) in [6, 6.07) is 8.21. The standard InChI is InChI=1S/C20H19Cl2F2NOS/c21-13-3-1-2-4-15(10-13)27-19-9-12(5-7-18(19)24)20(26)25-14-6-8-17(23)16(22)11-14/h5-9,11,13,15H,1-4,10H2,(H,25,26)/t13-,15?/m0/s1. The molecule has 2 aromatic rings. The number of amides is 1. The van der Waals surface area contributed by atoms with E-state index in [0.29, 0.717) is 16.1 Å². The third-order valence-electron chi connectivity index (χ3n) is 4.48. The largest absolute Gasteiger partial charge is 0.322 e. The summed E-state index contributed by atoms with van der Waals surface area (Å²) in [5, 5.41) is 2.92. The highest BCUT2D eigenvalue weighted by atomic mass is 35.5. The Morgan fingerprint density at radius 1 is 1.07 bits per heavy atom. The van der Waals surface area contributed by atoms with Gasteiger partial charge in [0.05, 0.1) is 5.02 Å². The second-order valence-corrected chi connectivity index (χ2v) is 8.95. The number of hydrogen-bond acceptors (Lipinski definition) is 2. The fourth-order valence-electron chi connectivity index (χ4n) is 3.06. The van der Waals surface area contributed by atoms with Crippen LogP contribution in [0.2, 0.25) is 5.02 Å². The Kier molecular flexibility index (Phi) is 7.01. The Balaban J connectivity index is 1.73. The molecule has 1 aliphatic carbocycles. The van der Waals surface area contributed by atoms with E-state index in [1.54, 1.807) is 6.07 Å². The van der Waals surface area contributed by atoms with Gasteiger partial charge in [-0.25, -0.2) is 8.78 Å². The summed E-state index contributed by atoms with van der Waals surface area (Å²) in [5.41, 5.74) is 0.703. The van der Waals surface area contributed by atoms with Gasteiger partial charge in [-0.2, -0.15) is 0 Å². The highest BCUT2D eigenvalue weighted by Crippen LogP contribution is 2.36. The zero-order chi connectivity index (χ0) is 19.4. The zero-order valence-corrected chi connectivity index (χ0v) is 16.8. The number of halogens is 4. The van der Waals surface area contributed by atoms with Gasteiger partial charge < -0.3 is 5.32 Å². The first-order valence-corrected chi connectivity index (χ1v) is 10.5. The van der Waals surface area contributed by atoms with Gasteiger partial charge in [0.2, 0.25) is 0 Å². The Morgan fingerprint density at radius 3 is 2.59 bits per heavy atom. The summed E-state index contributed by atoms with van der Waals surface area (Å²) >= 11 is 13.5. The molecular formula is C20H19Cl2F2NOS. The first kappa shape index (κ1) is 20.4. The first-order chi connectivity index (χ1) is 12.9. The van der Waals surface area contributed by atoms with Gasteiger partial charge >= 0.3 is 0 Å². The van der Waals surface area contributed by atoms with Crippen molar-refractivity contribution in [2.75, 3.05) is 5.32 Å². The van der Waals surface area contributed by atoms with E-state index in [-0.39, 0.29) is 21.5 Å². The van der Waals surface area contributed by atoms with Gasteiger partial charge in [-0.3, -0.25) is 4.79 Å². The van der Waals surface area contributed by atoms with Gasteiger partial charge in [0.1, 0.15) is 11.6 Å². The Bertz CT molecular complexity index is 834. The third-order valence-corrected chi connectivity index (χ3v) is 6.49. The maximum atomic E-state index is 14.3. The van der Waals surface area contributed by atoms with Gasteiger partial charge in [0, 0.05) is 26.8 Å². The van der Waals surface area contributed by atoms with E-state index >= 15 is 0 Å². The van der Waals surface area contributed by atoms with Gasteiger partial charge in [-0.1, -0.05) is 24.4 Å². The van der Waals surface area contributed by atoms with E-state index in [1.807, 2.05) is 0 Å². The van der Waals surface area contributed by atoms with Gasteiger partial charge in [-0.15, -0.1) is 23.4 Å². The number of carbonyl (C=O) groups excluding carboxylic acids is 1. The van der Waals surface area contributed by atoms with E-state index in [4.69, 9.17) is 23.2 Å². The molecule has 27 heavy (non-hydrogen) atoms. The molecule has 1 fully saturated rings. The normalized spacial score (nSPS) is 20.1. The summed E-state index contributed by atoms with van der Waals surface area (Å²) in [7, 11) is 0. The molecule has 0 spiro atoms. The number of carbonyl (C=O) groups is 1. The molecule has 0 radical (unpaired) electrons. The molecule has 3 rings (SSSR count). The monoisotopic (exact) mass is 429 g/mol. The average molecular weight is 430 g/mol. The maximum Gasteiger partial charge on any atom is 0.255 e. The highest BCUT2D eigenvalue weighted by Gasteiger charge is 2.21. The van der Waals surface area contributed by atoms with E-state index in [1.165, 1.54) is 42.1 Å². The summed E-state index contributed by atoms with van der Waals surface area (Å²) in [5.74, 6) is -1.32. The molecule has 1 unspecified atom stereocenters. The second kappa shape index (κ2) is 9.26. The lowest BCUT2D eigenvalue weighted by atomic mass is 10.2. The topological polar surface area (TPSA) is 29.1 Å². The minimum atomic E-state index is -0.559. The Morgan fingerprint density at radius 2 is 1.81 bits per heavy atom. The number of rotatable bonds is 4. The van der Waals surface area contributed by atoms with Crippen molar-refractivity contribution in [1.29, 1.82) is 0 Å². The van der Waals surface area contributed by atoms with Crippen LogP contribution in [0.3, 0.4) is 0 Å². The van der Waals surface area contributed by atoms with Crippen molar-refractivity contribution in [3.05, 3.63) is 58.6 Å². The fourth-order valence-corrected chi connectivity index (χ4v) is 5.06. The summed E-state index contributed by atoms with van der Waals surface area (Å²) in [6.45, 7) is 0. The van der Waals surface area contributed by atoms with Crippen LogP contribution in [0.15, 0.2) is 41.3 Å². The Labute approximate surface area is 171 Å². The van der Waals surface area contributed by atoms with Crippen molar-refractivity contribution in [2.45, 2.75) is 47.6 Å². The molecule has 2 atom stereocenters. The minimum absolute atomic E-state index is 0.0767. The molecule has 1 aliphatic rings. The van der Waals surface area contributed by atoms with E-state index in [2.05, 4.69) is 5.32 Å². The molecule has 2 aromatic carbocycles.